The molecule has 3 nitrogen and oxygen atoms in total. The van der Waals surface area contributed by atoms with Crippen molar-refractivity contribution in [3.05, 3.63) is 187 Å². The summed E-state index contributed by atoms with van der Waals surface area (Å²) in [5.41, 5.74) is 13.9. The number of aryl methyl sites for hydroxylation is 1. The van der Waals surface area contributed by atoms with Crippen molar-refractivity contribution < 1.29 is 0 Å². The van der Waals surface area contributed by atoms with Crippen molar-refractivity contribution in [1.29, 1.82) is 0 Å². The van der Waals surface area contributed by atoms with Crippen molar-refractivity contribution in [2.75, 3.05) is 0 Å². The molecule has 1 aliphatic rings. The largest absolute Gasteiger partial charge is 0.208 e. The van der Waals surface area contributed by atoms with Crippen LogP contribution in [0.5, 0.6) is 0 Å². The zero-order valence-electron chi connectivity index (χ0n) is 28.5. The fraction of sp³-hybridized carbons (Fsp3) is 0.0851. The molecule has 0 N–H and O–H groups in total. The van der Waals surface area contributed by atoms with E-state index in [0.717, 1.165) is 33.4 Å². The summed E-state index contributed by atoms with van der Waals surface area (Å²) in [4.78, 5) is 15.2. The summed E-state index contributed by atoms with van der Waals surface area (Å²) >= 11 is 0. The topological polar surface area (TPSA) is 38.7 Å². The van der Waals surface area contributed by atoms with Crippen LogP contribution in [0, 0.1) is 6.92 Å². The third kappa shape index (κ3) is 5.77. The SMILES string of the molecule is Cc1cccccccc(-c2nc(-c3ccccc3)nc(-c3ccccc3)n2)c1-c1ccc(-c2ccc3c(c2)C(C)(C)c2ccccc2-3)cc1. The number of rotatable bonds is 5. The van der Waals surface area contributed by atoms with Gasteiger partial charge < -0.3 is 0 Å². The lowest BCUT2D eigenvalue weighted by atomic mass is 9.81. The van der Waals surface area contributed by atoms with Gasteiger partial charge in [0, 0.05) is 22.1 Å². The molecule has 0 saturated heterocycles. The van der Waals surface area contributed by atoms with Gasteiger partial charge in [-0.2, -0.15) is 0 Å². The van der Waals surface area contributed by atoms with Gasteiger partial charge in [-0.1, -0.05) is 178 Å². The van der Waals surface area contributed by atoms with Crippen LogP contribution in [0.2, 0.25) is 0 Å². The van der Waals surface area contributed by atoms with Gasteiger partial charge in [0.05, 0.1) is 0 Å². The number of fused-ring (bicyclic) bond motifs is 3. The fourth-order valence-corrected chi connectivity index (χ4v) is 7.13. The van der Waals surface area contributed by atoms with Gasteiger partial charge in [0.2, 0.25) is 0 Å². The summed E-state index contributed by atoms with van der Waals surface area (Å²) in [7, 11) is 0. The molecule has 0 amide bonds. The fourth-order valence-electron chi connectivity index (χ4n) is 7.13. The average molecular weight is 644 g/mol. The summed E-state index contributed by atoms with van der Waals surface area (Å²) in [5.74, 6) is 1.90. The Morgan fingerprint density at radius 3 is 1.50 bits per heavy atom. The van der Waals surface area contributed by atoms with Crippen LogP contribution in [-0.2, 0) is 5.41 Å². The summed E-state index contributed by atoms with van der Waals surface area (Å²) < 4.78 is 0. The zero-order chi connectivity index (χ0) is 34.1. The molecular formula is C47H37N3. The van der Waals surface area contributed by atoms with E-state index in [1.165, 1.54) is 33.4 Å². The minimum absolute atomic E-state index is 0.0460. The zero-order valence-corrected chi connectivity index (χ0v) is 28.5. The van der Waals surface area contributed by atoms with Crippen molar-refractivity contribution in [3.8, 4) is 67.5 Å². The minimum Gasteiger partial charge on any atom is -0.208 e. The first-order valence-corrected chi connectivity index (χ1v) is 17.1. The number of aromatic nitrogens is 3. The van der Waals surface area contributed by atoms with E-state index in [0.29, 0.717) is 17.5 Å². The van der Waals surface area contributed by atoms with Gasteiger partial charge in [-0.15, -0.1) is 0 Å². The van der Waals surface area contributed by atoms with Gasteiger partial charge in [-0.05, 0) is 63.1 Å². The standard InChI is InChI=1S/C47H37N3/c1-32-17-9-5-4-6-14-23-40(46-49-44(35-18-10-7-11-19-35)48-45(50-46)36-20-12-8-13-21-36)43(32)34-27-25-33(26-28-34)37-29-30-39-38-22-15-16-24-41(38)47(2,3)42(39)31-37/h4-31H,1-3H3. The molecule has 0 fully saturated rings. The van der Waals surface area contributed by atoms with Crippen molar-refractivity contribution in [2.45, 2.75) is 26.2 Å². The van der Waals surface area contributed by atoms with Crippen LogP contribution >= 0.6 is 0 Å². The minimum atomic E-state index is -0.0460. The van der Waals surface area contributed by atoms with Gasteiger partial charge in [0.1, 0.15) is 0 Å². The maximum atomic E-state index is 5.12. The van der Waals surface area contributed by atoms with Crippen LogP contribution < -0.4 is 0 Å². The molecule has 3 heteroatoms. The number of hydrogen-bond donors (Lipinski definition) is 0. The highest BCUT2D eigenvalue weighted by Crippen LogP contribution is 2.49. The van der Waals surface area contributed by atoms with Crippen molar-refractivity contribution >= 4 is 0 Å². The van der Waals surface area contributed by atoms with Gasteiger partial charge in [0.25, 0.3) is 0 Å². The predicted octanol–water partition coefficient (Wildman–Crippen LogP) is 11.9. The van der Waals surface area contributed by atoms with E-state index in [1.54, 1.807) is 0 Å². The van der Waals surface area contributed by atoms with Crippen LogP contribution in [0.15, 0.2) is 170 Å². The molecule has 0 spiro atoms. The number of nitrogens with zero attached hydrogens (tertiary/aromatic N) is 3. The van der Waals surface area contributed by atoms with Crippen LogP contribution in [0.1, 0.15) is 30.5 Å². The molecule has 0 radical (unpaired) electrons. The van der Waals surface area contributed by atoms with Gasteiger partial charge in [-0.25, -0.2) is 15.0 Å². The Morgan fingerprint density at radius 2 is 0.820 bits per heavy atom. The Balaban J connectivity index is 1.28. The Morgan fingerprint density at radius 1 is 0.360 bits per heavy atom. The molecule has 0 atom stereocenters. The van der Waals surface area contributed by atoms with Gasteiger partial charge >= 0.3 is 0 Å². The second kappa shape index (κ2) is 13.0. The normalized spacial score (nSPS) is 12.5. The van der Waals surface area contributed by atoms with Crippen LogP contribution in [0.3, 0.4) is 0 Å². The van der Waals surface area contributed by atoms with Crippen LogP contribution in [-0.4, -0.2) is 15.0 Å². The Bertz CT molecular complexity index is 2340. The highest BCUT2D eigenvalue weighted by molar-refractivity contribution is 5.86. The predicted molar refractivity (Wildman–Crippen MR) is 207 cm³/mol. The van der Waals surface area contributed by atoms with Crippen molar-refractivity contribution in [2.24, 2.45) is 0 Å². The molecule has 50 heavy (non-hydrogen) atoms. The van der Waals surface area contributed by atoms with Crippen molar-refractivity contribution in [1.82, 2.24) is 15.0 Å². The third-order valence-corrected chi connectivity index (χ3v) is 9.75. The molecule has 8 rings (SSSR count). The lowest BCUT2D eigenvalue weighted by Gasteiger charge is -2.22. The van der Waals surface area contributed by atoms with E-state index in [9.17, 15) is 0 Å². The molecule has 0 bridgehead atoms. The molecule has 7 aromatic rings. The molecule has 1 heterocycles. The van der Waals surface area contributed by atoms with E-state index in [4.69, 9.17) is 15.0 Å². The maximum Gasteiger partial charge on any atom is 0.164 e. The number of hydrogen-bond acceptors (Lipinski definition) is 3. The molecule has 6 aromatic carbocycles. The van der Waals surface area contributed by atoms with Crippen molar-refractivity contribution in [3.63, 3.8) is 0 Å². The molecule has 0 aliphatic heterocycles. The maximum absolute atomic E-state index is 5.12. The Hall–Kier alpha value is -6.19. The third-order valence-electron chi connectivity index (χ3n) is 9.75. The van der Waals surface area contributed by atoms with E-state index in [1.807, 2.05) is 72.8 Å². The second-order valence-corrected chi connectivity index (χ2v) is 13.3. The average Bonchev–Trinajstić information content (AvgIpc) is 3.40. The lowest BCUT2D eigenvalue weighted by molar-refractivity contribution is 0.660. The highest BCUT2D eigenvalue weighted by atomic mass is 15.0. The summed E-state index contributed by atoms with van der Waals surface area (Å²) in [6.07, 6.45) is 0. The molecule has 0 saturated carbocycles. The van der Waals surface area contributed by atoms with E-state index >= 15 is 0 Å². The highest BCUT2D eigenvalue weighted by Gasteiger charge is 2.35. The quantitative estimate of drug-likeness (QED) is 0.187. The van der Waals surface area contributed by atoms with E-state index in [-0.39, 0.29) is 5.41 Å². The van der Waals surface area contributed by atoms with E-state index < -0.39 is 0 Å². The molecular weight excluding hydrogens is 607 g/mol. The first-order chi connectivity index (χ1) is 24.5. The van der Waals surface area contributed by atoms with Gasteiger partial charge in [-0.3, -0.25) is 0 Å². The number of benzene rings is 5. The summed E-state index contributed by atoms with van der Waals surface area (Å²) in [6, 6.07) is 59.5. The molecule has 0 unspecified atom stereocenters. The lowest BCUT2D eigenvalue weighted by Crippen LogP contribution is -2.14. The first-order valence-electron chi connectivity index (χ1n) is 17.1. The Kier molecular flexibility index (Phi) is 8.10. The summed E-state index contributed by atoms with van der Waals surface area (Å²) in [6.45, 7) is 6.82. The van der Waals surface area contributed by atoms with Gasteiger partial charge in [0.15, 0.2) is 17.5 Å². The first kappa shape index (κ1) is 31.1. The monoisotopic (exact) mass is 643 g/mol. The summed E-state index contributed by atoms with van der Waals surface area (Å²) in [5, 5.41) is 0. The molecule has 1 aromatic heterocycles. The van der Waals surface area contributed by atoms with E-state index in [2.05, 4.69) is 118 Å². The molecule has 240 valence electrons. The molecule has 1 aliphatic carbocycles. The van der Waals surface area contributed by atoms with Crippen LogP contribution in [0.4, 0.5) is 0 Å². The smallest absolute Gasteiger partial charge is 0.164 e. The van der Waals surface area contributed by atoms with Crippen LogP contribution in [0.25, 0.3) is 67.5 Å². The second-order valence-electron chi connectivity index (χ2n) is 13.3. The Labute approximate surface area is 294 Å².